The van der Waals surface area contributed by atoms with Gasteiger partial charge in [-0.05, 0) is 50.6 Å². The third kappa shape index (κ3) is 5.88. The van der Waals surface area contributed by atoms with Gasteiger partial charge in [-0.2, -0.15) is 0 Å². The molecule has 3 amide bonds. The van der Waals surface area contributed by atoms with Crippen LogP contribution < -0.4 is 5.32 Å². The number of hydrogen-bond acceptors (Lipinski definition) is 7. The second-order valence-corrected chi connectivity index (χ2v) is 9.04. The first-order valence-electron chi connectivity index (χ1n) is 10.7. The third-order valence-electron chi connectivity index (χ3n) is 5.08. The predicted molar refractivity (Wildman–Crippen MR) is 126 cm³/mol. The van der Waals surface area contributed by atoms with Crippen LogP contribution in [0.1, 0.15) is 42.9 Å². The van der Waals surface area contributed by atoms with Crippen LogP contribution in [0.2, 0.25) is 5.15 Å². The molecule has 0 saturated carbocycles. The van der Waals surface area contributed by atoms with Gasteiger partial charge in [-0.1, -0.05) is 18.2 Å². The standard InChI is InChI=1S/C23H27ClN6O4/c1-6-20(31)30-8-7-29(22(33)34-23(2,3)4)12-18(30)14-9-16(28-19(24)10-14)15-11-17(21(32)25-5)27-13-26-15/h6,9-11,13,18H,1,7-8,12H2,2-5H3,(H,25,32)/t18-/m1/s1. The lowest BCUT2D eigenvalue weighted by atomic mass is 10.0. The molecule has 0 aromatic carbocycles. The number of aromatic nitrogens is 3. The molecular formula is C23H27ClN6O4. The van der Waals surface area contributed by atoms with Crippen molar-refractivity contribution in [2.75, 3.05) is 26.7 Å². The second-order valence-electron chi connectivity index (χ2n) is 8.65. The number of carbonyl (C=O) groups excluding carboxylic acids is 3. The van der Waals surface area contributed by atoms with Crippen LogP contribution in [-0.4, -0.2) is 74.9 Å². The fourth-order valence-electron chi connectivity index (χ4n) is 3.53. The first-order chi connectivity index (χ1) is 16.0. The summed E-state index contributed by atoms with van der Waals surface area (Å²) in [4.78, 5) is 53.0. The Labute approximate surface area is 203 Å². The van der Waals surface area contributed by atoms with Crippen molar-refractivity contribution in [3.05, 3.63) is 53.6 Å². The molecule has 0 spiro atoms. The quantitative estimate of drug-likeness (QED) is 0.521. The van der Waals surface area contributed by atoms with Crippen molar-refractivity contribution in [1.29, 1.82) is 0 Å². The Kier molecular flexibility index (Phi) is 7.51. The van der Waals surface area contributed by atoms with Gasteiger partial charge < -0.3 is 19.9 Å². The van der Waals surface area contributed by atoms with Crippen LogP contribution in [0.25, 0.3) is 11.4 Å². The highest BCUT2D eigenvalue weighted by Crippen LogP contribution is 2.31. The minimum atomic E-state index is -0.650. The Hall–Kier alpha value is -3.53. The Morgan fingerprint density at radius 3 is 2.56 bits per heavy atom. The van der Waals surface area contributed by atoms with E-state index in [1.165, 1.54) is 25.5 Å². The molecule has 34 heavy (non-hydrogen) atoms. The van der Waals surface area contributed by atoms with Crippen molar-refractivity contribution >= 4 is 29.5 Å². The zero-order valence-electron chi connectivity index (χ0n) is 19.5. The third-order valence-corrected chi connectivity index (χ3v) is 5.27. The summed E-state index contributed by atoms with van der Waals surface area (Å²) in [5, 5.41) is 2.69. The van der Waals surface area contributed by atoms with E-state index in [0.29, 0.717) is 30.0 Å². The van der Waals surface area contributed by atoms with E-state index >= 15 is 0 Å². The van der Waals surface area contributed by atoms with Crippen molar-refractivity contribution in [3.63, 3.8) is 0 Å². The van der Waals surface area contributed by atoms with Gasteiger partial charge in [0.25, 0.3) is 5.91 Å². The van der Waals surface area contributed by atoms with E-state index < -0.39 is 17.7 Å². The Morgan fingerprint density at radius 2 is 1.91 bits per heavy atom. The van der Waals surface area contributed by atoms with Crippen molar-refractivity contribution in [2.24, 2.45) is 0 Å². The number of hydrogen-bond donors (Lipinski definition) is 1. The van der Waals surface area contributed by atoms with Gasteiger partial charge in [-0.3, -0.25) is 9.59 Å². The van der Waals surface area contributed by atoms with Crippen molar-refractivity contribution < 1.29 is 19.1 Å². The molecule has 10 nitrogen and oxygen atoms in total. The molecule has 11 heteroatoms. The number of nitrogens with zero attached hydrogens (tertiary/aromatic N) is 5. The van der Waals surface area contributed by atoms with Crippen molar-refractivity contribution in [1.82, 2.24) is 30.1 Å². The molecule has 3 heterocycles. The van der Waals surface area contributed by atoms with Gasteiger partial charge in [0, 0.05) is 26.7 Å². The first-order valence-corrected chi connectivity index (χ1v) is 11.0. The summed E-state index contributed by atoms with van der Waals surface area (Å²) in [7, 11) is 1.50. The molecule has 2 aromatic heterocycles. The first kappa shape index (κ1) is 25.1. The zero-order valence-corrected chi connectivity index (χ0v) is 20.3. The second kappa shape index (κ2) is 10.2. The number of piperazine rings is 1. The van der Waals surface area contributed by atoms with Gasteiger partial charge in [-0.25, -0.2) is 19.7 Å². The normalized spacial score (nSPS) is 16.1. The molecule has 2 aromatic rings. The maximum atomic E-state index is 12.7. The van der Waals surface area contributed by atoms with E-state index in [-0.39, 0.29) is 29.2 Å². The highest BCUT2D eigenvalue weighted by molar-refractivity contribution is 6.29. The summed E-state index contributed by atoms with van der Waals surface area (Å²) >= 11 is 6.33. The minimum absolute atomic E-state index is 0.174. The summed E-state index contributed by atoms with van der Waals surface area (Å²) in [6, 6.07) is 4.35. The smallest absolute Gasteiger partial charge is 0.410 e. The molecule has 1 atom stereocenters. The molecule has 3 rings (SSSR count). The molecular weight excluding hydrogens is 460 g/mol. The van der Waals surface area contributed by atoms with E-state index in [1.54, 1.807) is 42.7 Å². The van der Waals surface area contributed by atoms with Crippen LogP contribution in [0.3, 0.4) is 0 Å². The lowest BCUT2D eigenvalue weighted by Gasteiger charge is -2.41. The van der Waals surface area contributed by atoms with Gasteiger partial charge in [0.2, 0.25) is 5.91 Å². The van der Waals surface area contributed by atoms with Crippen molar-refractivity contribution in [2.45, 2.75) is 32.4 Å². The number of rotatable bonds is 4. The van der Waals surface area contributed by atoms with E-state index in [2.05, 4.69) is 26.8 Å². The molecule has 0 radical (unpaired) electrons. The van der Waals surface area contributed by atoms with E-state index in [4.69, 9.17) is 16.3 Å². The predicted octanol–water partition coefficient (Wildman–Crippen LogP) is 2.86. The number of amides is 3. The monoisotopic (exact) mass is 486 g/mol. The lowest BCUT2D eigenvalue weighted by Crippen LogP contribution is -2.52. The maximum absolute atomic E-state index is 12.7. The molecule has 1 N–H and O–H groups in total. The van der Waals surface area contributed by atoms with Gasteiger partial charge in [0.1, 0.15) is 22.8 Å². The average molecular weight is 487 g/mol. The maximum Gasteiger partial charge on any atom is 0.410 e. The summed E-state index contributed by atoms with van der Waals surface area (Å²) in [5.41, 5.74) is 0.962. The van der Waals surface area contributed by atoms with Crippen LogP contribution in [0.15, 0.2) is 37.2 Å². The van der Waals surface area contributed by atoms with Crippen LogP contribution in [0, 0.1) is 0 Å². The summed E-state index contributed by atoms with van der Waals surface area (Å²) in [6.07, 6.45) is 2.04. The van der Waals surface area contributed by atoms with Gasteiger partial charge in [0.15, 0.2) is 0 Å². The Balaban J connectivity index is 1.99. The fourth-order valence-corrected chi connectivity index (χ4v) is 3.75. The minimum Gasteiger partial charge on any atom is -0.444 e. The van der Waals surface area contributed by atoms with Gasteiger partial charge in [-0.15, -0.1) is 0 Å². The molecule has 1 saturated heterocycles. The Morgan fingerprint density at radius 1 is 1.18 bits per heavy atom. The Bertz CT molecular complexity index is 1120. The lowest BCUT2D eigenvalue weighted by molar-refractivity contribution is -0.131. The topological polar surface area (TPSA) is 118 Å². The number of carbonyl (C=O) groups is 3. The number of ether oxygens (including phenoxy) is 1. The van der Waals surface area contributed by atoms with E-state index in [1.807, 2.05) is 0 Å². The number of nitrogens with one attached hydrogen (secondary N) is 1. The largest absolute Gasteiger partial charge is 0.444 e. The van der Waals surface area contributed by atoms with Crippen LogP contribution in [0.5, 0.6) is 0 Å². The fraction of sp³-hybridized carbons (Fsp3) is 0.391. The molecule has 0 unspecified atom stereocenters. The molecule has 1 aliphatic rings. The summed E-state index contributed by atoms with van der Waals surface area (Å²) in [5.74, 6) is -0.638. The van der Waals surface area contributed by atoms with E-state index in [0.717, 1.165) is 0 Å². The summed E-state index contributed by atoms with van der Waals surface area (Å²) in [6.45, 7) is 9.78. The molecule has 0 bridgehead atoms. The van der Waals surface area contributed by atoms with Crippen LogP contribution in [0.4, 0.5) is 4.79 Å². The van der Waals surface area contributed by atoms with Crippen LogP contribution in [-0.2, 0) is 9.53 Å². The molecule has 1 fully saturated rings. The summed E-state index contributed by atoms with van der Waals surface area (Å²) < 4.78 is 5.52. The van der Waals surface area contributed by atoms with Crippen LogP contribution >= 0.6 is 11.6 Å². The molecule has 1 aliphatic heterocycles. The van der Waals surface area contributed by atoms with Crippen molar-refractivity contribution in [3.8, 4) is 11.4 Å². The van der Waals surface area contributed by atoms with E-state index in [9.17, 15) is 14.4 Å². The highest BCUT2D eigenvalue weighted by Gasteiger charge is 2.35. The number of pyridine rings is 1. The SMILES string of the molecule is C=CC(=O)N1CCN(C(=O)OC(C)(C)C)C[C@@H]1c1cc(Cl)nc(-c2cc(C(=O)NC)ncn2)c1. The van der Waals surface area contributed by atoms with Gasteiger partial charge >= 0.3 is 6.09 Å². The average Bonchev–Trinajstić information content (AvgIpc) is 2.81. The number of halogens is 1. The highest BCUT2D eigenvalue weighted by atomic mass is 35.5. The molecule has 0 aliphatic carbocycles. The zero-order chi connectivity index (χ0) is 25.0. The molecule has 180 valence electrons. The van der Waals surface area contributed by atoms with Gasteiger partial charge in [0.05, 0.1) is 17.4 Å².